The number of para-hydroxylation sites is 1. The SMILES string of the molecule is O=C([O-])CC(N=C([O-])c1ccccc1N1C(=O)c2ccccc2C1=O)C(=O)O.[K+].[K+]. The van der Waals surface area contributed by atoms with Crippen LogP contribution in [0.2, 0.25) is 0 Å². The Morgan fingerprint density at radius 3 is 1.93 bits per heavy atom. The largest absolute Gasteiger partial charge is 1.00 e. The fourth-order valence-corrected chi connectivity index (χ4v) is 2.81. The van der Waals surface area contributed by atoms with Gasteiger partial charge in [0.2, 0.25) is 0 Å². The zero-order chi connectivity index (χ0) is 20.4. The van der Waals surface area contributed by atoms with E-state index in [1.54, 1.807) is 12.1 Å². The number of nitrogens with zero attached hydrogens (tertiary/aromatic N) is 2. The van der Waals surface area contributed by atoms with Crippen molar-refractivity contribution in [1.82, 2.24) is 0 Å². The maximum atomic E-state index is 12.6. The Morgan fingerprint density at radius 1 is 0.933 bits per heavy atom. The van der Waals surface area contributed by atoms with Gasteiger partial charge < -0.3 is 20.1 Å². The van der Waals surface area contributed by atoms with E-state index < -0.39 is 42.1 Å². The molecule has 0 fully saturated rings. The van der Waals surface area contributed by atoms with Crippen molar-refractivity contribution in [3.05, 3.63) is 65.2 Å². The summed E-state index contributed by atoms with van der Waals surface area (Å²) in [5, 5.41) is 32.2. The number of benzene rings is 2. The molecule has 1 atom stereocenters. The number of amides is 2. The number of fused-ring (bicyclic) bond motifs is 1. The molecule has 0 radical (unpaired) electrons. The van der Waals surface area contributed by atoms with Crippen molar-refractivity contribution in [2.75, 3.05) is 4.90 Å². The Balaban J connectivity index is 0.00000225. The van der Waals surface area contributed by atoms with Crippen LogP contribution >= 0.6 is 0 Å². The molecule has 11 heteroatoms. The summed E-state index contributed by atoms with van der Waals surface area (Å²) >= 11 is 0. The van der Waals surface area contributed by atoms with Crippen LogP contribution in [0.1, 0.15) is 32.7 Å². The van der Waals surface area contributed by atoms with Gasteiger partial charge in [-0.2, -0.15) is 0 Å². The third-order valence-electron chi connectivity index (χ3n) is 4.09. The second kappa shape index (κ2) is 11.8. The van der Waals surface area contributed by atoms with Crippen molar-refractivity contribution in [3.63, 3.8) is 0 Å². The monoisotopic (exact) mass is 458 g/mol. The summed E-state index contributed by atoms with van der Waals surface area (Å²) in [6, 6.07) is 9.84. The van der Waals surface area contributed by atoms with E-state index in [2.05, 4.69) is 4.99 Å². The number of carbonyl (C=O) groups excluding carboxylic acids is 3. The molecule has 0 aliphatic carbocycles. The molecule has 2 aromatic rings. The first kappa shape index (κ1) is 27.3. The van der Waals surface area contributed by atoms with Crippen molar-refractivity contribution >= 4 is 35.3 Å². The fourth-order valence-electron chi connectivity index (χ4n) is 2.81. The minimum absolute atomic E-state index is 0. The maximum Gasteiger partial charge on any atom is 1.00 e. The Bertz CT molecular complexity index is 1000. The zero-order valence-electron chi connectivity index (χ0n) is 16.2. The molecule has 30 heavy (non-hydrogen) atoms. The quantitative estimate of drug-likeness (QED) is 0.196. The number of imide groups is 1. The third-order valence-corrected chi connectivity index (χ3v) is 4.09. The van der Waals surface area contributed by atoms with Crippen molar-refractivity contribution < 1.29 is 137 Å². The number of rotatable bonds is 6. The number of hydrogen-bond acceptors (Lipinski definition) is 7. The molecular weight excluding hydrogens is 446 g/mol. The van der Waals surface area contributed by atoms with Gasteiger partial charge in [-0.1, -0.05) is 30.3 Å². The van der Waals surface area contributed by atoms with Crippen LogP contribution in [-0.4, -0.2) is 40.8 Å². The van der Waals surface area contributed by atoms with E-state index in [1.165, 1.54) is 36.4 Å². The number of aliphatic carboxylic acids is 2. The predicted molar refractivity (Wildman–Crippen MR) is 91.6 cm³/mol. The summed E-state index contributed by atoms with van der Waals surface area (Å²) in [6.07, 6.45) is -0.990. The summed E-state index contributed by atoms with van der Waals surface area (Å²) in [5.74, 6) is -5.63. The molecule has 2 aromatic carbocycles. The van der Waals surface area contributed by atoms with Crippen LogP contribution in [-0.2, 0) is 9.59 Å². The Labute approximate surface area is 256 Å². The second-order valence-electron chi connectivity index (χ2n) is 5.87. The molecule has 0 aromatic heterocycles. The second-order valence-corrected chi connectivity index (χ2v) is 5.87. The summed E-state index contributed by atoms with van der Waals surface area (Å²) in [7, 11) is 0. The number of carboxylic acids is 2. The molecule has 0 spiro atoms. The molecule has 1 unspecified atom stereocenters. The smallest absolute Gasteiger partial charge is 0.858 e. The minimum atomic E-state index is -1.85. The minimum Gasteiger partial charge on any atom is -0.858 e. The number of hydrogen-bond donors (Lipinski definition) is 1. The topological polar surface area (TPSA) is 150 Å². The van der Waals surface area contributed by atoms with Gasteiger partial charge in [0.1, 0.15) is 0 Å². The molecule has 0 bridgehead atoms. The Kier molecular flexibility index (Phi) is 10.7. The van der Waals surface area contributed by atoms with Crippen LogP contribution in [0.15, 0.2) is 53.5 Å². The van der Waals surface area contributed by atoms with Crippen LogP contribution < -0.4 is 118 Å². The van der Waals surface area contributed by atoms with Crippen LogP contribution in [0.5, 0.6) is 0 Å². The Morgan fingerprint density at radius 2 is 1.43 bits per heavy atom. The number of aliphatic imine (C=N–C) groups is 1. The number of carbonyl (C=O) groups is 4. The van der Waals surface area contributed by atoms with Gasteiger partial charge in [0, 0.05) is 18.0 Å². The first-order valence-electron chi connectivity index (χ1n) is 8.06. The van der Waals surface area contributed by atoms with Gasteiger partial charge in [-0.15, -0.1) is 0 Å². The normalized spacial score (nSPS) is 13.7. The molecule has 3 rings (SSSR count). The van der Waals surface area contributed by atoms with E-state index in [0.717, 1.165) is 4.90 Å². The molecule has 1 aliphatic rings. The molecule has 142 valence electrons. The summed E-state index contributed by atoms with van der Waals surface area (Å²) in [6.45, 7) is 0. The van der Waals surface area contributed by atoms with Gasteiger partial charge in [-0.3, -0.25) is 14.6 Å². The maximum absolute atomic E-state index is 12.6. The molecule has 0 saturated heterocycles. The van der Waals surface area contributed by atoms with Gasteiger partial charge >= 0.3 is 109 Å². The molecule has 1 aliphatic heterocycles. The van der Waals surface area contributed by atoms with E-state index in [1.807, 2.05) is 0 Å². The fraction of sp³-hybridized carbons (Fsp3) is 0.105. The molecular formula is C19H12K2N2O7. The molecule has 1 heterocycles. The standard InChI is InChI=1S/C19H14N2O7.2K/c22-15(23)9-13(19(27)28)20-16(24)12-7-3-4-8-14(12)21-17(25)10-5-1-2-6-11(10)18(21)26;;/h1-8,13H,9H2,(H,20,24)(H,22,23)(H,27,28);;/q;2*+1/p-2. The van der Waals surface area contributed by atoms with Crippen molar-refractivity contribution in [2.24, 2.45) is 4.99 Å². The van der Waals surface area contributed by atoms with Crippen LogP contribution in [0, 0.1) is 0 Å². The number of anilines is 1. The first-order chi connectivity index (χ1) is 13.3. The van der Waals surface area contributed by atoms with Crippen molar-refractivity contribution in [2.45, 2.75) is 12.5 Å². The van der Waals surface area contributed by atoms with Crippen molar-refractivity contribution in [3.8, 4) is 0 Å². The average molecular weight is 459 g/mol. The van der Waals surface area contributed by atoms with Gasteiger partial charge in [-0.05, 0) is 24.1 Å². The van der Waals surface area contributed by atoms with E-state index in [0.29, 0.717) is 0 Å². The van der Waals surface area contributed by atoms with Gasteiger partial charge in [-0.25, -0.2) is 9.69 Å². The third kappa shape index (κ3) is 5.73. The molecule has 2 amide bonds. The molecule has 1 N–H and O–H groups in total. The number of carboxylic acid groups (broad SMARTS) is 2. The zero-order valence-corrected chi connectivity index (χ0v) is 22.4. The van der Waals surface area contributed by atoms with E-state index in [-0.39, 0.29) is 125 Å². The van der Waals surface area contributed by atoms with E-state index in [4.69, 9.17) is 5.11 Å². The van der Waals surface area contributed by atoms with E-state index in [9.17, 15) is 29.4 Å². The molecule has 0 saturated carbocycles. The van der Waals surface area contributed by atoms with Crippen LogP contribution in [0.3, 0.4) is 0 Å². The summed E-state index contributed by atoms with van der Waals surface area (Å²) < 4.78 is 0. The predicted octanol–water partition coefficient (Wildman–Crippen LogP) is -6.80. The van der Waals surface area contributed by atoms with Crippen molar-refractivity contribution in [1.29, 1.82) is 0 Å². The van der Waals surface area contributed by atoms with E-state index >= 15 is 0 Å². The molecule has 9 nitrogen and oxygen atoms in total. The summed E-state index contributed by atoms with van der Waals surface area (Å²) in [5.41, 5.74) is 0.0701. The Hall–Kier alpha value is -0.737. The first-order valence-corrected chi connectivity index (χ1v) is 8.06. The van der Waals surface area contributed by atoms with Gasteiger partial charge in [0.05, 0.1) is 16.8 Å². The van der Waals surface area contributed by atoms with Gasteiger partial charge in [0.25, 0.3) is 11.8 Å². The summed E-state index contributed by atoms with van der Waals surface area (Å²) in [4.78, 5) is 51.3. The van der Waals surface area contributed by atoms with Crippen LogP contribution in [0.25, 0.3) is 0 Å². The van der Waals surface area contributed by atoms with Gasteiger partial charge in [0.15, 0.2) is 6.04 Å². The average Bonchev–Trinajstić information content (AvgIpc) is 2.91. The van der Waals surface area contributed by atoms with Crippen LogP contribution in [0.4, 0.5) is 5.69 Å².